The Bertz CT molecular complexity index is 832. The highest BCUT2D eigenvalue weighted by Gasteiger charge is 2.14. The molecule has 0 aromatic heterocycles. The highest BCUT2D eigenvalue weighted by atomic mass is 16.5. The Morgan fingerprint density at radius 2 is 1.56 bits per heavy atom. The summed E-state index contributed by atoms with van der Waals surface area (Å²) in [5, 5.41) is 2.87. The number of carbonyl (C=O) groups is 1. The van der Waals surface area contributed by atoms with E-state index in [2.05, 4.69) is 5.32 Å². The van der Waals surface area contributed by atoms with Crippen molar-refractivity contribution in [1.82, 2.24) is 0 Å². The van der Waals surface area contributed by atoms with Crippen molar-refractivity contribution >= 4 is 11.6 Å². The van der Waals surface area contributed by atoms with Gasteiger partial charge < -0.3 is 14.8 Å². The number of methoxy groups -OCH3 is 1. The van der Waals surface area contributed by atoms with Gasteiger partial charge in [-0.1, -0.05) is 54.6 Å². The molecule has 4 nitrogen and oxygen atoms in total. The van der Waals surface area contributed by atoms with Crippen LogP contribution in [0.3, 0.4) is 0 Å². The number of ether oxygens (including phenoxy) is 2. The largest absolute Gasteiger partial charge is 0.491 e. The van der Waals surface area contributed by atoms with E-state index in [-0.39, 0.29) is 5.91 Å². The highest BCUT2D eigenvalue weighted by Crippen LogP contribution is 2.35. The number of anilines is 1. The fourth-order valence-electron chi connectivity index (χ4n) is 2.46. The monoisotopic (exact) mass is 333 g/mol. The lowest BCUT2D eigenvalue weighted by molar-refractivity contribution is 0.102. The Kier molecular flexibility index (Phi) is 5.32. The minimum absolute atomic E-state index is 0.195. The van der Waals surface area contributed by atoms with E-state index in [0.717, 1.165) is 5.56 Å². The first-order valence-corrected chi connectivity index (χ1v) is 7.98. The van der Waals surface area contributed by atoms with E-state index < -0.39 is 0 Å². The van der Waals surface area contributed by atoms with Gasteiger partial charge in [0.25, 0.3) is 5.91 Å². The van der Waals surface area contributed by atoms with Crippen molar-refractivity contribution in [1.29, 1.82) is 0 Å². The molecule has 0 unspecified atom stereocenters. The third-order valence-corrected chi connectivity index (χ3v) is 3.70. The summed E-state index contributed by atoms with van der Waals surface area (Å²) in [7, 11) is 1.56. The number of rotatable bonds is 6. The van der Waals surface area contributed by atoms with Crippen molar-refractivity contribution in [2.75, 3.05) is 12.4 Å². The van der Waals surface area contributed by atoms with Gasteiger partial charge in [-0.3, -0.25) is 4.79 Å². The lowest BCUT2D eigenvalue weighted by atomic mass is 10.2. The summed E-state index contributed by atoms with van der Waals surface area (Å²) in [5.41, 5.74) is 2.21. The molecule has 126 valence electrons. The first-order chi connectivity index (χ1) is 12.3. The molecule has 1 amide bonds. The van der Waals surface area contributed by atoms with E-state index >= 15 is 0 Å². The molecule has 0 aliphatic carbocycles. The molecule has 0 atom stereocenters. The molecule has 4 heteroatoms. The third-order valence-electron chi connectivity index (χ3n) is 3.70. The van der Waals surface area contributed by atoms with Crippen LogP contribution >= 0.6 is 0 Å². The van der Waals surface area contributed by atoms with Crippen LogP contribution in [0.1, 0.15) is 15.9 Å². The molecule has 3 aromatic carbocycles. The zero-order valence-electron chi connectivity index (χ0n) is 13.9. The topological polar surface area (TPSA) is 47.6 Å². The molecule has 25 heavy (non-hydrogen) atoms. The first kappa shape index (κ1) is 16.6. The average molecular weight is 333 g/mol. The second kappa shape index (κ2) is 8.02. The Labute approximate surface area is 147 Å². The van der Waals surface area contributed by atoms with E-state index in [1.807, 2.05) is 60.7 Å². The molecule has 0 spiro atoms. The smallest absolute Gasteiger partial charge is 0.255 e. The van der Waals surface area contributed by atoms with Gasteiger partial charge in [0, 0.05) is 5.56 Å². The van der Waals surface area contributed by atoms with Crippen LogP contribution in [0.4, 0.5) is 5.69 Å². The lowest BCUT2D eigenvalue weighted by Crippen LogP contribution is -2.12. The number of nitrogens with one attached hydrogen (secondary N) is 1. The molecule has 0 saturated heterocycles. The standard InChI is InChI=1S/C21H19NO3/c1-24-20-18(22-21(23)17-11-6-3-7-12-17)13-8-14-19(20)25-15-16-9-4-2-5-10-16/h2-14H,15H2,1H3,(H,22,23). The molecule has 3 rings (SSSR count). The fraction of sp³-hybridized carbons (Fsp3) is 0.0952. The summed E-state index contributed by atoms with van der Waals surface area (Å²) in [6.45, 7) is 0.424. The predicted molar refractivity (Wildman–Crippen MR) is 98.2 cm³/mol. The first-order valence-electron chi connectivity index (χ1n) is 7.98. The SMILES string of the molecule is COc1c(NC(=O)c2ccccc2)cccc1OCc1ccccc1. The van der Waals surface area contributed by atoms with Crippen molar-refractivity contribution in [2.24, 2.45) is 0 Å². The zero-order valence-corrected chi connectivity index (χ0v) is 13.9. The third kappa shape index (κ3) is 4.18. The maximum Gasteiger partial charge on any atom is 0.255 e. The summed E-state index contributed by atoms with van der Waals surface area (Å²) >= 11 is 0. The van der Waals surface area contributed by atoms with Gasteiger partial charge >= 0.3 is 0 Å². The van der Waals surface area contributed by atoms with Crippen molar-refractivity contribution < 1.29 is 14.3 Å². The summed E-state index contributed by atoms with van der Waals surface area (Å²) < 4.78 is 11.3. The summed E-state index contributed by atoms with van der Waals surface area (Å²) in [5.74, 6) is 0.888. The molecule has 0 radical (unpaired) electrons. The summed E-state index contributed by atoms with van der Waals surface area (Å²) in [4.78, 5) is 12.4. The second-order valence-electron chi connectivity index (χ2n) is 5.43. The van der Waals surface area contributed by atoms with Crippen LogP contribution in [0.25, 0.3) is 0 Å². The molecule has 3 aromatic rings. The number of carbonyl (C=O) groups excluding carboxylic acids is 1. The van der Waals surface area contributed by atoms with Gasteiger partial charge in [-0.05, 0) is 29.8 Å². The average Bonchev–Trinajstić information content (AvgIpc) is 2.68. The van der Waals surface area contributed by atoms with Crippen molar-refractivity contribution in [2.45, 2.75) is 6.61 Å². The Morgan fingerprint density at radius 3 is 2.24 bits per heavy atom. The van der Waals surface area contributed by atoms with Gasteiger partial charge in [-0.2, -0.15) is 0 Å². The molecule has 0 saturated carbocycles. The van der Waals surface area contributed by atoms with Gasteiger partial charge in [0.2, 0.25) is 0 Å². The van der Waals surface area contributed by atoms with Gasteiger partial charge in [-0.15, -0.1) is 0 Å². The Morgan fingerprint density at radius 1 is 0.880 bits per heavy atom. The van der Waals surface area contributed by atoms with Gasteiger partial charge in [0.15, 0.2) is 11.5 Å². The predicted octanol–water partition coefficient (Wildman–Crippen LogP) is 4.53. The van der Waals surface area contributed by atoms with Crippen molar-refractivity contribution in [3.05, 3.63) is 90.0 Å². The maximum absolute atomic E-state index is 12.4. The van der Waals surface area contributed by atoms with Crippen molar-refractivity contribution in [3.63, 3.8) is 0 Å². The summed E-state index contributed by atoms with van der Waals surface area (Å²) in [6.07, 6.45) is 0. The van der Waals surface area contributed by atoms with E-state index in [9.17, 15) is 4.79 Å². The molecule has 0 fully saturated rings. The fourth-order valence-corrected chi connectivity index (χ4v) is 2.46. The molecular weight excluding hydrogens is 314 g/mol. The second-order valence-corrected chi connectivity index (χ2v) is 5.43. The molecule has 1 N–H and O–H groups in total. The molecular formula is C21H19NO3. The van der Waals surface area contributed by atoms with E-state index in [0.29, 0.717) is 29.4 Å². The van der Waals surface area contributed by atoms with Crippen LogP contribution < -0.4 is 14.8 Å². The minimum Gasteiger partial charge on any atom is -0.491 e. The molecule has 0 aliphatic rings. The van der Waals surface area contributed by atoms with Crippen LogP contribution in [0.15, 0.2) is 78.9 Å². The number of para-hydroxylation sites is 1. The minimum atomic E-state index is -0.195. The Hall–Kier alpha value is -3.27. The van der Waals surface area contributed by atoms with Crippen LogP contribution in [0.2, 0.25) is 0 Å². The van der Waals surface area contributed by atoms with Crippen LogP contribution in [0.5, 0.6) is 11.5 Å². The van der Waals surface area contributed by atoms with Crippen LogP contribution in [0, 0.1) is 0 Å². The van der Waals surface area contributed by atoms with Gasteiger partial charge in [0.1, 0.15) is 6.61 Å². The highest BCUT2D eigenvalue weighted by molar-refractivity contribution is 6.05. The number of amides is 1. The van der Waals surface area contributed by atoms with Crippen LogP contribution in [-0.4, -0.2) is 13.0 Å². The van der Waals surface area contributed by atoms with Gasteiger partial charge in [-0.25, -0.2) is 0 Å². The molecule has 0 bridgehead atoms. The normalized spacial score (nSPS) is 10.1. The van der Waals surface area contributed by atoms with E-state index in [4.69, 9.17) is 9.47 Å². The zero-order chi connectivity index (χ0) is 17.5. The van der Waals surface area contributed by atoms with Crippen molar-refractivity contribution in [3.8, 4) is 11.5 Å². The number of benzene rings is 3. The molecule has 0 heterocycles. The van der Waals surface area contributed by atoms with E-state index in [1.54, 1.807) is 25.3 Å². The van der Waals surface area contributed by atoms with Crippen LogP contribution in [-0.2, 0) is 6.61 Å². The Balaban J connectivity index is 1.77. The maximum atomic E-state index is 12.4. The lowest BCUT2D eigenvalue weighted by Gasteiger charge is -2.15. The quantitative estimate of drug-likeness (QED) is 0.721. The van der Waals surface area contributed by atoms with E-state index in [1.165, 1.54) is 0 Å². The summed E-state index contributed by atoms with van der Waals surface area (Å²) in [6, 6.07) is 24.4. The molecule has 0 aliphatic heterocycles. The number of hydrogen-bond donors (Lipinski definition) is 1. The number of hydrogen-bond acceptors (Lipinski definition) is 3. The van der Waals surface area contributed by atoms with Gasteiger partial charge in [0.05, 0.1) is 12.8 Å².